The third-order valence-corrected chi connectivity index (χ3v) is 2.91. The Morgan fingerprint density at radius 3 is 2.76 bits per heavy atom. The van der Waals surface area contributed by atoms with Crippen molar-refractivity contribution in [1.82, 2.24) is 15.5 Å². The first kappa shape index (κ1) is 14.2. The Morgan fingerprint density at radius 2 is 2.18 bits per heavy atom. The molecule has 17 heavy (non-hydrogen) atoms. The van der Waals surface area contributed by atoms with E-state index in [1.807, 2.05) is 13.1 Å². The highest BCUT2D eigenvalue weighted by Gasteiger charge is 2.19. The van der Waals surface area contributed by atoms with E-state index in [1.54, 1.807) is 0 Å². The third-order valence-electron chi connectivity index (χ3n) is 2.91. The van der Waals surface area contributed by atoms with Crippen molar-refractivity contribution in [2.24, 2.45) is 0 Å². The molecule has 0 saturated heterocycles. The van der Waals surface area contributed by atoms with Crippen LogP contribution < -0.4 is 5.32 Å². The zero-order valence-corrected chi connectivity index (χ0v) is 11.4. The van der Waals surface area contributed by atoms with Crippen LogP contribution in [0.4, 0.5) is 0 Å². The maximum atomic E-state index is 9.44. The number of nitrogens with one attached hydrogen (secondary N) is 2. The van der Waals surface area contributed by atoms with Gasteiger partial charge >= 0.3 is 0 Å². The molecule has 0 aliphatic carbocycles. The molecular weight excluding hydrogens is 214 g/mol. The van der Waals surface area contributed by atoms with Gasteiger partial charge in [0, 0.05) is 23.2 Å². The Labute approximate surface area is 104 Å². The highest BCUT2D eigenvalue weighted by molar-refractivity contribution is 5.23. The molecule has 0 aromatic carbocycles. The van der Waals surface area contributed by atoms with E-state index in [2.05, 4.69) is 36.3 Å². The number of aromatic amines is 1. The smallest absolute Gasteiger partial charge is 0.0549 e. The van der Waals surface area contributed by atoms with E-state index in [1.165, 1.54) is 11.3 Å². The van der Waals surface area contributed by atoms with Crippen LogP contribution in [-0.4, -0.2) is 28.0 Å². The number of hydrogen-bond acceptors (Lipinski definition) is 3. The average Bonchev–Trinajstić information content (AvgIpc) is 2.71. The van der Waals surface area contributed by atoms with Gasteiger partial charge in [0.25, 0.3) is 0 Å². The van der Waals surface area contributed by atoms with Gasteiger partial charge in [0.15, 0.2) is 0 Å². The van der Waals surface area contributed by atoms with Gasteiger partial charge in [0.05, 0.1) is 12.3 Å². The van der Waals surface area contributed by atoms with Gasteiger partial charge in [-0.05, 0) is 19.4 Å². The first-order valence-electron chi connectivity index (χ1n) is 6.36. The molecule has 4 nitrogen and oxygen atoms in total. The van der Waals surface area contributed by atoms with Crippen molar-refractivity contribution in [3.8, 4) is 0 Å². The summed E-state index contributed by atoms with van der Waals surface area (Å²) in [5.74, 6) is 0. The predicted octanol–water partition coefficient (Wildman–Crippen LogP) is 1.96. The minimum absolute atomic E-state index is 0.0937. The van der Waals surface area contributed by atoms with E-state index >= 15 is 0 Å². The van der Waals surface area contributed by atoms with Crippen LogP contribution in [-0.2, 0) is 12.0 Å². The van der Waals surface area contributed by atoms with E-state index in [0.717, 1.165) is 25.9 Å². The molecule has 0 spiro atoms. The Balaban J connectivity index is 2.40. The highest BCUT2D eigenvalue weighted by Crippen LogP contribution is 2.23. The molecule has 0 bridgehead atoms. The summed E-state index contributed by atoms with van der Waals surface area (Å²) < 4.78 is 0. The minimum Gasteiger partial charge on any atom is -0.393 e. The van der Waals surface area contributed by atoms with Crippen molar-refractivity contribution in [3.63, 3.8) is 0 Å². The lowest BCUT2D eigenvalue weighted by Crippen LogP contribution is -2.22. The summed E-state index contributed by atoms with van der Waals surface area (Å²) >= 11 is 0. The van der Waals surface area contributed by atoms with Crippen LogP contribution in [0.3, 0.4) is 0 Å². The molecule has 98 valence electrons. The number of aliphatic hydroxyl groups excluding tert-OH is 1. The van der Waals surface area contributed by atoms with Crippen LogP contribution in [0, 0.1) is 0 Å². The fraction of sp³-hybridized carbons (Fsp3) is 0.769. The fourth-order valence-electron chi connectivity index (χ4n) is 1.79. The van der Waals surface area contributed by atoms with Gasteiger partial charge in [-0.25, -0.2) is 0 Å². The van der Waals surface area contributed by atoms with Crippen molar-refractivity contribution >= 4 is 0 Å². The molecule has 0 radical (unpaired) electrons. The largest absolute Gasteiger partial charge is 0.393 e. The summed E-state index contributed by atoms with van der Waals surface area (Å²) in [6.45, 7) is 10.2. The second-order valence-electron chi connectivity index (χ2n) is 5.55. The van der Waals surface area contributed by atoms with Gasteiger partial charge in [0.1, 0.15) is 0 Å². The van der Waals surface area contributed by atoms with Crippen LogP contribution in [0.2, 0.25) is 0 Å². The Kier molecular flexibility index (Phi) is 5.15. The minimum atomic E-state index is -0.186. The lowest BCUT2D eigenvalue weighted by Gasteiger charge is -2.18. The molecule has 1 atom stereocenters. The molecule has 3 N–H and O–H groups in total. The zero-order valence-electron chi connectivity index (χ0n) is 11.4. The number of hydrogen-bond donors (Lipinski definition) is 3. The Morgan fingerprint density at radius 1 is 1.47 bits per heavy atom. The van der Waals surface area contributed by atoms with Crippen LogP contribution in [0.25, 0.3) is 0 Å². The van der Waals surface area contributed by atoms with E-state index in [4.69, 9.17) is 0 Å². The van der Waals surface area contributed by atoms with Gasteiger partial charge in [-0.1, -0.05) is 27.7 Å². The van der Waals surface area contributed by atoms with Gasteiger partial charge < -0.3 is 10.4 Å². The van der Waals surface area contributed by atoms with Gasteiger partial charge in [-0.3, -0.25) is 5.10 Å². The standard InChI is InChI=1S/C13H25N3O/c1-5-11(17)6-7-14-8-10-9-15-16-12(10)13(2,3)4/h9,11,14,17H,5-8H2,1-4H3,(H,15,16). The second-order valence-corrected chi connectivity index (χ2v) is 5.55. The van der Waals surface area contributed by atoms with Crippen molar-refractivity contribution < 1.29 is 5.11 Å². The van der Waals surface area contributed by atoms with Crippen LogP contribution in [0.1, 0.15) is 51.8 Å². The molecule has 0 aliphatic rings. The molecular formula is C13H25N3O. The molecule has 1 aromatic heterocycles. The second kappa shape index (κ2) is 6.17. The van der Waals surface area contributed by atoms with Crippen LogP contribution in [0.5, 0.6) is 0 Å². The zero-order chi connectivity index (χ0) is 12.9. The predicted molar refractivity (Wildman–Crippen MR) is 69.9 cm³/mol. The maximum Gasteiger partial charge on any atom is 0.0549 e. The quantitative estimate of drug-likeness (QED) is 0.665. The average molecular weight is 239 g/mol. The van der Waals surface area contributed by atoms with E-state index in [0.29, 0.717) is 0 Å². The SMILES string of the molecule is CCC(O)CCNCc1cn[nH]c1C(C)(C)C. The number of rotatable bonds is 6. The van der Waals surface area contributed by atoms with E-state index < -0.39 is 0 Å². The lowest BCUT2D eigenvalue weighted by molar-refractivity contribution is 0.159. The topological polar surface area (TPSA) is 60.9 Å². The van der Waals surface area contributed by atoms with Crippen molar-refractivity contribution in [2.75, 3.05) is 6.54 Å². The molecule has 0 fully saturated rings. The fourth-order valence-corrected chi connectivity index (χ4v) is 1.79. The molecule has 4 heteroatoms. The summed E-state index contributed by atoms with van der Waals surface area (Å²) in [5.41, 5.74) is 2.49. The maximum absolute atomic E-state index is 9.44. The number of aromatic nitrogens is 2. The molecule has 1 heterocycles. The molecule has 1 unspecified atom stereocenters. The Hall–Kier alpha value is -0.870. The molecule has 0 amide bonds. The summed E-state index contributed by atoms with van der Waals surface area (Å²) in [6.07, 6.45) is 3.32. The van der Waals surface area contributed by atoms with Crippen molar-refractivity contribution in [3.05, 3.63) is 17.5 Å². The van der Waals surface area contributed by atoms with E-state index in [-0.39, 0.29) is 11.5 Å². The lowest BCUT2D eigenvalue weighted by atomic mass is 9.89. The highest BCUT2D eigenvalue weighted by atomic mass is 16.3. The van der Waals surface area contributed by atoms with Gasteiger partial charge in [-0.2, -0.15) is 5.10 Å². The Bertz CT molecular complexity index is 328. The van der Waals surface area contributed by atoms with Crippen LogP contribution >= 0.6 is 0 Å². The van der Waals surface area contributed by atoms with Gasteiger partial charge in [-0.15, -0.1) is 0 Å². The van der Waals surface area contributed by atoms with Crippen LogP contribution in [0.15, 0.2) is 6.20 Å². The summed E-state index contributed by atoms with van der Waals surface area (Å²) in [6, 6.07) is 0. The number of aliphatic hydroxyl groups is 1. The van der Waals surface area contributed by atoms with Crippen molar-refractivity contribution in [1.29, 1.82) is 0 Å². The third kappa shape index (κ3) is 4.48. The van der Waals surface area contributed by atoms with Gasteiger partial charge in [0.2, 0.25) is 0 Å². The summed E-state index contributed by atoms with van der Waals surface area (Å²) in [5, 5.41) is 20.0. The summed E-state index contributed by atoms with van der Waals surface area (Å²) in [7, 11) is 0. The normalized spacial score (nSPS) is 13.9. The molecule has 0 aliphatic heterocycles. The number of H-pyrrole nitrogens is 1. The molecule has 1 aromatic rings. The van der Waals surface area contributed by atoms with E-state index in [9.17, 15) is 5.11 Å². The summed E-state index contributed by atoms with van der Waals surface area (Å²) in [4.78, 5) is 0. The van der Waals surface area contributed by atoms with Crippen molar-refractivity contribution in [2.45, 2.75) is 58.6 Å². The molecule has 0 saturated carbocycles. The first-order valence-corrected chi connectivity index (χ1v) is 6.36. The number of nitrogens with zero attached hydrogens (tertiary/aromatic N) is 1. The molecule has 1 rings (SSSR count). The first-order chi connectivity index (χ1) is 7.95. The monoisotopic (exact) mass is 239 g/mol.